The number of anilines is 1. The van der Waals surface area contributed by atoms with Gasteiger partial charge in [0.05, 0.1) is 4.47 Å². The summed E-state index contributed by atoms with van der Waals surface area (Å²) in [6.45, 7) is 0. The number of nitrogens with zero attached hydrogens (tertiary/aromatic N) is 1. The van der Waals surface area contributed by atoms with E-state index in [0.717, 1.165) is 10.0 Å². The number of amides is 1. The Bertz CT molecular complexity index is 1580. The van der Waals surface area contributed by atoms with E-state index in [1.165, 1.54) is 0 Å². The number of phenols is 1. The number of fused-ring (bicyclic) bond motifs is 1. The molecule has 2 heterocycles. The smallest absolute Gasteiger partial charge is 0.293 e. The van der Waals surface area contributed by atoms with Gasteiger partial charge in [0, 0.05) is 21.3 Å². The number of furan rings is 1. The fraction of sp³-hybridized carbons (Fsp3) is 0. The molecule has 3 N–H and O–H groups in total. The van der Waals surface area contributed by atoms with E-state index < -0.39 is 5.91 Å². The van der Waals surface area contributed by atoms with Gasteiger partial charge in [-0.2, -0.15) is 0 Å². The molecule has 0 saturated heterocycles. The van der Waals surface area contributed by atoms with Crippen LogP contribution in [0.25, 0.3) is 33.9 Å². The average Bonchev–Trinajstić information content (AvgIpc) is 3.49. The van der Waals surface area contributed by atoms with Gasteiger partial charge < -0.3 is 19.3 Å². The number of rotatable bonds is 4. The van der Waals surface area contributed by atoms with Crippen molar-refractivity contribution < 1.29 is 18.7 Å². The maximum atomic E-state index is 12.6. The fourth-order valence-corrected chi connectivity index (χ4v) is 4.18. The lowest BCUT2D eigenvalue weighted by Crippen LogP contribution is -2.33. The first-order valence-corrected chi connectivity index (χ1v) is 12.2. The van der Waals surface area contributed by atoms with E-state index in [2.05, 4.69) is 47.5 Å². The van der Waals surface area contributed by atoms with E-state index in [0.29, 0.717) is 38.5 Å². The highest BCUT2D eigenvalue weighted by molar-refractivity contribution is 9.10. The Morgan fingerprint density at radius 1 is 0.914 bits per heavy atom. The maximum Gasteiger partial charge on any atom is 0.293 e. The molecule has 0 saturated carbocycles. The lowest BCUT2D eigenvalue weighted by molar-refractivity contribution is 0.0951. The summed E-state index contributed by atoms with van der Waals surface area (Å²) in [4.78, 5) is 17.1. The zero-order chi connectivity index (χ0) is 24.5. The van der Waals surface area contributed by atoms with E-state index in [1.807, 2.05) is 24.3 Å². The Hall–Kier alpha value is -3.47. The number of carbonyl (C=O) groups excluding carboxylic acids is 1. The van der Waals surface area contributed by atoms with Crippen LogP contribution < -0.4 is 10.6 Å². The molecule has 10 heteroatoms. The Morgan fingerprint density at radius 2 is 1.69 bits per heavy atom. The molecule has 0 radical (unpaired) electrons. The van der Waals surface area contributed by atoms with Gasteiger partial charge in [-0.05, 0) is 88.8 Å². The van der Waals surface area contributed by atoms with Gasteiger partial charge in [-0.3, -0.25) is 10.1 Å². The largest absolute Gasteiger partial charge is 0.507 e. The number of halogens is 2. The summed E-state index contributed by atoms with van der Waals surface area (Å²) in [5.74, 6) is 0.797. The van der Waals surface area contributed by atoms with Gasteiger partial charge in [0.25, 0.3) is 5.91 Å². The molecule has 3 aromatic carbocycles. The number of aromatic nitrogens is 1. The topological polar surface area (TPSA) is 101 Å². The number of hydrogen-bond donors (Lipinski definition) is 3. The van der Waals surface area contributed by atoms with Crippen molar-refractivity contribution in [3.8, 4) is 28.5 Å². The van der Waals surface area contributed by atoms with Crippen molar-refractivity contribution in [3.63, 3.8) is 0 Å². The number of carbonyl (C=O) groups is 1. The van der Waals surface area contributed by atoms with Gasteiger partial charge in [-0.25, -0.2) is 4.98 Å². The van der Waals surface area contributed by atoms with Gasteiger partial charge in [0.15, 0.2) is 16.5 Å². The van der Waals surface area contributed by atoms with E-state index >= 15 is 0 Å². The summed E-state index contributed by atoms with van der Waals surface area (Å²) in [5, 5.41) is 15.4. The van der Waals surface area contributed by atoms with Crippen LogP contribution in [0.15, 0.2) is 90.6 Å². The van der Waals surface area contributed by atoms with E-state index in [4.69, 9.17) is 21.1 Å². The highest BCUT2D eigenvalue weighted by Gasteiger charge is 2.15. The predicted molar refractivity (Wildman–Crippen MR) is 144 cm³/mol. The van der Waals surface area contributed by atoms with Crippen molar-refractivity contribution in [2.75, 3.05) is 5.32 Å². The molecular formula is C25H15Br2N3O4S. The minimum atomic E-state index is -0.464. The lowest BCUT2D eigenvalue weighted by atomic mass is 10.2. The summed E-state index contributed by atoms with van der Waals surface area (Å²) in [6.07, 6.45) is 0. The normalized spacial score (nSPS) is 10.9. The summed E-state index contributed by atoms with van der Waals surface area (Å²) in [6, 6.07) is 21.2. The van der Waals surface area contributed by atoms with Crippen LogP contribution in [0.2, 0.25) is 0 Å². The predicted octanol–water partition coefficient (Wildman–Crippen LogP) is 7.11. The highest BCUT2D eigenvalue weighted by atomic mass is 79.9. The summed E-state index contributed by atoms with van der Waals surface area (Å²) in [7, 11) is 0. The Labute approximate surface area is 221 Å². The van der Waals surface area contributed by atoms with Crippen LogP contribution >= 0.6 is 44.1 Å². The molecule has 1 amide bonds. The van der Waals surface area contributed by atoms with Crippen molar-refractivity contribution >= 4 is 71.9 Å². The number of nitrogens with one attached hydrogen (secondary N) is 2. The van der Waals surface area contributed by atoms with Gasteiger partial charge in [-0.1, -0.05) is 28.1 Å². The second-order valence-corrected chi connectivity index (χ2v) is 9.63. The monoisotopic (exact) mass is 611 g/mol. The third-order valence-electron chi connectivity index (χ3n) is 5.03. The number of phenolic OH excluding ortho intramolecular Hbond substituents is 1. The molecule has 35 heavy (non-hydrogen) atoms. The second kappa shape index (κ2) is 9.65. The van der Waals surface area contributed by atoms with Crippen molar-refractivity contribution in [1.82, 2.24) is 10.3 Å². The van der Waals surface area contributed by atoms with Crippen LogP contribution in [-0.2, 0) is 0 Å². The summed E-state index contributed by atoms with van der Waals surface area (Å²) < 4.78 is 13.0. The summed E-state index contributed by atoms with van der Waals surface area (Å²) >= 11 is 12.0. The van der Waals surface area contributed by atoms with Crippen LogP contribution in [-0.4, -0.2) is 21.1 Å². The van der Waals surface area contributed by atoms with Crippen molar-refractivity contribution in [3.05, 3.63) is 87.5 Å². The third-order valence-corrected chi connectivity index (χ3v) is 6.39. The number of hydrogen-bond acceptors (Lipinski definition) is 6. The number of aromatic hydroxyl groups is 1. The van der Waals surface area contributed by atoms with E-state index in [9.17, 15) is 9.90 Å². The zero-order valence-electron chi connectivity index (χ0n) is 17.7. The Morgan fingerprint density at radius 3 is 2.46 bits per heavy atom. The molecule has 2 aromatic heterocycles. The van der Waals surface area contributed by atoms with Crippen LogP contribution in [0, 0.1) is 0 Å². The molecular weight excluding hydrogens is 598 g/mol. The quantitative estimate of drug-likeness (QED) is 0.186. The first-order chi connectivity index (χ1) is 16.9. The number of thiocarbonyl (C=S) groups is 1. The molecule has 0 spiro atoms. The first kappa shape index (κ1) is 23.3. The van der Waals surface area contributed by atoms with E-state index in [-0.39, 0.29) is 16.6 Å². The van der Waals surface area contributed by atoms with Gasteiger partial charge in [0.1, 0.15) is 17.0 Å². The first-order valence-electron chi connectivity index (χ1n) is 10.2. The standard InChI is InChI=1S/C25H15Br2N3O4S/c26-15-4-1-13(2-5-15)20-9-10-22(33-20)23(32)30-25(35)28-16-6-8-21-18(12-16)29-24(34-21)14-3-7-19(31)17(27)11-14/h1-12,31H,(H2,28,30,32,35). The molecule has 0 atom stereocenters. The van der Waals surface area contributed by atoms with Crippen molar-refractivity contribution in [1.29, 1.82) is 0 Å². The van der Waals surface area contributed by atoms with Crippen molar-refractivity contribution in [2.45, 2.75) is 0 Å². The molecule has 7 nitrogen and oxygen atoms in total. The molecule has 0 aliphatic carbocycles. The highest BCUT2D eigenvalue weighted by Crippen LogP contribution is 2.31. The SMILES string of the molecule is O=C(NC(=S)Nc1ccc2oc(-c3ccc(O)c(Br)c3)nc2c1)c1ccc(-c2ccc(Br)cc2)o1. The number of benzene rings is 3. The molecule has 174 valence electrons. The Kier molecular flexibility index (Phi) is 6.42. The number of oxazole rings is 1. The lowest BCUT2D eigenvalue weighted by Gasteiger charge is -2.08. The Balaban J connectivity index is 1.26. The zero-order valence-corrected chi connectivity index (χ0v) is 21.7. The molecule has 0 aliphatic heterocycles. The van der Waals surface area contributed by atoms with E-state index in [1.54, 1.807) is 48.5 Å². The fourth-order valence-electron chi connectivity index (χ4n) is 3.32. The van der Waals surface area contributed by atoms with Crippen molar-refractivity contribution in [2.24, 2.45) is 0 Å². The average molecular weight is 613 g/mol. The second-order valence-electron chi connectivity index (χ2n) is 7.45. The van der Waals surface area contributed by atoms with Crippen LogP contribution in [0.4, 0.5) is 5.69 Å². The molecule has 5 aromatic rings. The van der Waals surface area contributed by atoms with Gasteiger partial charge >= 0.3 is 0 Å². The maximum absolute atomic E-state index is 12.6. The van der Waals surface area contributed by atoms with Crippen LogP contribution in [0.1, 0.15) is 10.6 Å². The molecule has 0 bridgehead atoms. The third kappa shape index (κ3) is 5.14. The van der Waals surface area contributed by atoms with Gasteiger partial charge in [0.2, 0.25) is 5.89 Å². The minimum Gasteiger partial charge on any atom is -0.507 e. The molecule has 5 rings (SSSR count). The van der Waals surface area contributed by atoms with Crippen LogP contribution in [0.3, 0.4) is 0 Å². The summed E-state index contributed by atoms with van der Waals surface area (Å²) in [5.41, 5.74) is 3.39. The minimum absolute atomic E-state index is 0.113. The molecule has 0 unspecified atom stereocenters. The van der Waals surface area contributed by atoms with Crippen LogP contribution in [0.5, 0.6) is 5.75 Å². The van der Waals surface area contributed by atoms with Gasteiger partial charge in [-0.15, -0.1) is 0 Å². The molecule has 0 aliphatic rings. The molecule has 0 fully saturated rings.